The molecule has 1 fully saturated rings. The second kappa shape index (κ2) is 9.82. The number of nitrogens with one attached hydrogen (secondary N) is 1. The van der Waals surface area contributed by atoms with Crippen LogP contribution < -0.4 is 5.32 Å². The van der Waals surface area contributed by atoms with E-state index in [1.807, 2.05) is 24.0 Å². The van der Waals surface area contributed by atoms with Gasteiger partial charge < -0.3 is 10.2 Å². The Labute approximate surface area is 155 Å². The molecule has 138 valence electrons. The molecule has 1 atom stereocenters. The fourth-order valence-corrected chi connectivity index (χ4v) is 3.66. The molecule has 0 aromatic heterocycles. The molecular formula is C19H29N3O2S. The number of aryl methyl sites for hydroxylation is 1. The van der Waals surface area contributed by atoms with Crippen LogP contribution in [0.15, 0.2) is 29.2 Å². The molecule has 1 saturated heterocycles. The maximum absolute atomic E-state index is 12.4. The first-order valence-electron chi connectivity index (χ1n) is 8.97. The number of carbonyl (C=O) groups excluding carboxylic acids is 2. The molecule has 0 spiro atoms. The van der Waals surface area contributed by atoms with Gasteiger partial charge in [0.2, 0.25) is 11.8 Å². The zero-order valence-corrected chi connectivity index (χ0v) is 16.3. The number of hydrogen-bond donors (Lipinski definition) is 1. The average Bonchev–Trinajstić information content (AvgIpc) is 2.61. The third-order valence-corrected chi connectivity index (χ3v) is 5.72. The molecule has 1 N–H and O–H groups in total. The molecule has 0 bridgehead atoms. The monoisotopic (exact) mass is 363 g/mol. The van der Waals surface area contributed by atoms with Crippen LogP contribution in [-0.4, -0.2) is 66.1 Å². The number of benzene rings is 1. The number of carbonyl (C=O) groups is 2. The molecule has 1 aliphatic rings. The van der Waals surface area contributed by atoms with Crippen molar-refractivity contribution in [1.29, 1.82) is 0 Å². The van der Waals surface area contributed by atoms with Crippen molar-refractivity contribution in [2.75, 3.05) is 38.5 Å². The van der Waals surface area contributed by atoms with Crippen LogP contribution in [0, 0.1) is 6.92 Å². The smallest absolute Gasteiger partial charge is 0.234 e. The first kappa shape index (κ1) is 19.8. The molecule has 6 heteroatoms. The van der Waals surface area contributed by atoms with Gasteiger partial charge in [0.25, 0.3) is 0 Å². The SMILES string of the molecule is CCC(C)NC(=O)CN1CCN(C(=O)CSc2ccccc2C)CC1. The van der Waals surface area contributed by atoms with E-state index in [9.17, 15) is 9.59 Å². The summed E-state index contributed by atoms with van der Waals surface area (Å²) in [6, 6.07) is 8.35. The van der Waals surface area contributed by atoms with Crippen molar-refractivity contribution in [3.8, 4) is 0 Å². The highest BCUT2D eigenvalue weighted by Gasteiger charge is 2.22. The molecule has 1 aromatic carbocycles. The molecule has 1 unspecified atom stereocenters. The van der Waals surface area contributed by atoms with Crippen molar-refractivity contribution >= 4 is 23.6 Å². The fourth-order valence-electron chi connectivity index (χ4n) is 2.73. The number of amides is 2. The van der Waals surface area contributed by atoms with Gasteiger partial charge >= 0.3 is 0 Å². The van der Waals surface area contributed by atoms with Gasteiger partial charge in [-0.1, -0.05) is 25.1 Å². The lowest BCUT2D eigenvalue weighted by Crippen LogP contribution is -2.52. The Kier molecular flexibility index (Phi) is 7.78. The summed E-state index contributed by atoms with van der Waals surface area (Å²) in [6.07, 6.45) is 0.937. The minimum atomic E-state index is 0.0734. The highest BCUT2D eigenvalue weighted by Crippen LogP contribution is 2.22. The predicted octanol–water partition coefficient (Wildman–Crippen LogP) is 2.15. The van der Waals surface area contributed by atoms with Gasteiger partial charge in [-0.2, -0.15) is 0 Å². The second-order valence-electron chi connectivity index (χ2n) is 6.59. The Morgan fingerprint density at radius 1 is 1.20 bits per heavy atom. The van der Waals surface area contributed by atoms with E-state index in [2.05, 4.69) is 36.2 Å². The van der Waals surface area contributed by atoms with E-state index in [0.717, 1.165) is 24.4 Å². The maximum Gasteiger partial charge on any atom is 0.234 e. The van der Waals surface area contributed by atoms with Crippen molar-refractivity contribution in [3.63, 3.8) is 0 Å². The predicted molar refractivity (Wildman–Crippen MR) is 103 cm³/mol. The molecule has 25 heavy (non-hydrogen) atoms. The first-order chi connectivity index (χ1) is 12.0. The van der Waals surface area contributed by atoms with E-state index >= 15 is 0 Å². The second-order valence-corrected chi connectivity index (χ2v) is 7.61. The van der Waals surface area contributed by atoms with E-state index in [-0.39, 0.29) is 17.9 Å². The van der Waals surface area contributed by atoms with E-state index in [0.29, 0.717) is 25.4 Å². The summed E-state index contributed by atoms with van der Waals surface area (Å²) in [6.45, 7) is 9.47. The van der Waals surface area contributed by atoms with Gasteiger partial charge in [-0.25, -0.2) is 0 Å². The molecule has 0 aliphatic carbocycles. The Bertz CT molecular complexity index is 586. The normalized spacial score (nSPS) is 16.5. The summed E-state index contributed by atoms with van der Waals surface area (Å²) < 4.78 is 0. The average molecular weight is 364 g/mol. The van der Waals surface area contributed by atoms with Crippen molar-refractivity contribution in [2.24, 2.45) is 0 Å². The van der Waals surface area contributed by atoms with Crippen LogP contribution in [0.2, 0.25) is 0 Å². The van der Waals surface area contributed by atoms with E-state index in [4.69, 9.17) is 0 Å². The number of nitrogens with zero attached hydrogens (tertiary/aromatic N) is 2. The number of rotatable bonds is 7. The third-order valence-electron chi connectivity index (χ3n) is 4.56. The summed E-state index contributed by atoms with van der Waals surface area (Å²) >= 11 is 1.60. The van der Waals surface area contributed by atoms with E-state index in [1.165, 1.54) is 5.56 Å². The molecule has 1 heterocycles. The molecule has 5 nitrogen and oxygen atoms in total. The van der Waals surface area contributed by atoms with Crippen molar-refractivity contribution in [1.82, 2.24) is 15.1 Å². The quantitative estimate of drug-likeness (QED) is 0.754. The molecule has 2 rings (SSSR count). The van der Waals surface area contributed by atoms with Crippen LogP contribution in [0.5, 0.6) is 0 Å². The molecule has 0 saturated carbocycles. The molecule has 2 amide bonds. The lowest BCUT2D eigenvalue weighted by Gasteiger charge is -2.34. The minimum absolute atomic E-state index is 0.0734. The molecule has 0 radical (unpaired) electrons. The van der Waals surface area contributed by atoms with Gasteiger partial charge in [0.15, 0.2) is 0 Å². The summed E-state index contributed by atoms with van der Waals surface area (Å²) in [5.74, 6) is 0.723. The minimum Gasteiger partial charge on any atom is -0.353 e. The zero-order valence-electron chi connectivity index (χ0n) is 15.5. The topological polar surface area (TPSA) is 52.7 Å². The third kappa shape index (κ3) is 6.36. The number of piperazine rings is 1. The summed E-state index contributed by atoms with van der Waals surface area (Å²) in [7, 11) is 0. The van der Waals surface area contributed by atoms with Gasteiger partial charge in [0.05, 0.1) is 12.3 Å². The van der Waals surface area contributed by atoms with Crippen LogP contribution in [-0.2, 0) is 9.59 Å². The lowest BCUT2D eigenvalue weighted by atomic mass is 10.2. The van der Waals surface area contributed by atoms with E-state index in [1.54, 1.807) is 11.8 Å². The first-order valence-corrected chi connectivity index (χ1v) is 9.96. The van der Waals surface area contributed by atoms with Crippen LogP contribution in [0.1, 0.15) is 25.8 Å². The molecule has 1 aliphatic heterocycles. The zero-order chi connectivity index (χ0) is 18.2. The van der Waals surface area contributed by atoms with Crippen LogP contribution in [0.4, 0.5) is 0 Å². The van der Waals surface area contributed by atoms with Crippen molar-refractivity contribution < 1.29 is 9.59 Å². The van der Waals surface area contributed by atoms with Crippen LogP contribution in [0.3, 0.4) is 0 Å². The fraction of sp³-hybridized carbons (Fsp3) is 0.579. The lowest BCUT2D eigenvalue weighted by molar-refractivity contribution is -0.130. The number of thioether (sulfide) groups is 1. The Balaban J connectivity index is 1.71. The largest absolute Gasteiger partial charge is 0.353 e. The highest BCUT2D eigenvalue weighted by atomic mass is 32.2. The van der Waals surface area contributed by atoms with Crippen molar-refractivity contribution in [2.45, 2.75) is 38.1 Å². The van der Waals surface area contributed by atoms with Gasteiger partial charge in [-0.05, 0) is 31.9 Å². The Hall–Kier alpha value is -1.53. The van der Waals surface area contributed by atoms with Crippen molar-refractivity contribution in [3.05, 3.63) is 29.8 Å². The Morgan fingerprint density at radius 2 is 1.88 bits per heavy atom. The van der Waals surface area contributed by atoms with Gasteiger partial charge in [0, 0.05) is 37.1 Å². The molecule has 1 aromatic rings. The summed E-state index contributed by atoms with van der Waals surface area (Å²) in [5, 5.41) is 2.99. The standard InChI is InChI=1S/C19H29N3O2S/c1-4-16(3)20-18(23)13-21-9-11-22(12-10-21)19(24)14-25-17-8-6-5-7-15(17)2/h5-8,16H,4,9-14H2,1-3H3,(H,20,23). The van der Waals surface area contributed by atoms with Crippen LogP contribution in [0.25, 0.3) is 0 Å². The molecular weight excluding hydrogens is 334 g/mol. The summed E-state index contributed by atoms with van der Waals surface area (Å²) in [4.78, 5) is 29.5. The van der Waals surface area contributed by atoms with Crippen LogP contribution >= 0.6 is 11.8 Å². The highest BCUT2D eigenvalue weighted by molar-refractivity contribution is 8.00. The number of hydrogen-bond acceptors (Lipinski definition) is 4. The Morgan fingerprint density at radius 3 is 2.52 bits per heavy atom. The van der Waals surface area contributed by atoms with Gasteiger partial charge in [-0.15, -0.1) is 11.8 Å². The van der Waals surface area contributed by atoms with Gasteiger partial charge in [-0.3, -0.25) is 14.5 Å². The van der Waals surface area contributed by atoms with Gasteiger partial charge in [0.1, 0.15) is 0 Å². The van der Waals surface area contributed by atoms with E-state index < -0.39 is 0 Å². The maximum atomic E-state index is 12.4. The summed E-state index contributed by atoms with van der Waals surface area (Å²) in [5.41, 5.74) is 1.21.